The van der Waals surface area contributed by atoms with Gasteiger partial charge in [-0.25, -0.2) is 17.8 Å². The van der Waals surface area contributed by atoms with Crippen molar-refractivity contribution in [3.63, 3.8) is 0 Å². The van der Waals surface area contributed by atoms with Crippen LogP contribution in [-0.2, 0) is 32.6 Å². The molecule has 0 radical (unpaired) electrons. The summed E-state index contributed by atoms with van der Waals surface area (Å²) >= 11 is 0. The zero-order valence-electron chi connectivity index (χ0n) is 17.0. The van der Waals surface area contributed by atoms with E-state index < -0.39 is 27.3 Å². The molecule has 0 spiro atoms. The Kier molecular flexibility index (Phi) is 6.31. The monoisotopic (exact) mass is 460 g/mol. The smallest absolute Gasteiger partial charge is 0.261 e. The number of aromatic nitrogens is 2. The number of nitrogens with one attached hydrogen (secondary N) is 1. The third-order valence-electron chi connectivity index (χ3n) is 5.12. The van der Waals surface area contributed by atoms with Crippen molar-refractivity contribution in [2.75, 3.05) is 26.3 Å². The van der Waals surface area contributed by atoms with Crippen LogP contribution in [0.25, 0.3) is 10.9 Å². The Morgan fingerprint density at radius 1 is 1.12 bits per heavy atom. The molecule has 11 heteroatoms. The lowest BCUT2D eigenvalue weighted by atomic mass is 10.2. The Bertz CT molecular complexity index is 1300. The van der Waals surface area contributed by atoms with E-state index in [0.29, 0.717) is 31.9 Å². The summed E-state index contributed by atoms with van der Waals surface area (Å²) in [6.07, 6.45) is 1.20. The van der Waals surface area contributed by atoms with Gasteiger partial charge in [0.15, 0.2) is 0 Å². The average molecular weight is 460 g/mol. The summed E-state index contributed by atoms with van der Waals surface area (Å²) in [5.41, 5.74) is 0.486. The van der Waals surface area contributed by atoms with Gasteiger partial charge in [-0.15, -0.1) is 0 Å². The first-order valence-corrected chi connectivity index (χ1v) is 11.4. The van der Waals surface area contributed by atoms with Crippen LogP contribution in [-0.4, -0.2) is 54.5 Å². The number of fused-ring (bicyclic) bond motifs is 1. The maximum atomic E-state index is 13.3. The quantitative estimate of drug-likeness (QED) is 0.585. The molecule has 1 fully saturated rings. The summed E-state index contributed by atoms with van der Waals surface area (Å²) in [6, 6.07) is 9.92. The average Bonchev–Trinajstić information content (AvgIpc) is 2.80. The second kappa shape index (κ2) is 9.15. The van der Waals surface area contributed by atoms with E-state index in [-0.39, 0.29) is 28.9 Å². The van der Waals surface area contributed by atoms with Crippen LogP contribution in [0.2, 0.25) is 0 Å². The van der Waals surface area contributed by atoms with Gasteiger partial charge in [0.1, 0.15) is 12.4 Å². The van der Waals surface area contributed by atoms with E-state index in [1.54, 1.807) is 12.1 Å². The van der Waals surface area contributed by atoms with Crippen LogP contribution >= 0.6 is 0 Å². The van der Waals surface area contributed by atoms with Crippen LogP contribution in [0.3, 0.4) is 0 Å². The summed E-state index contributed by atoms with van der Waals surface area (Å²) in [5.74, 6) is -0.913. The van der Waals surface area contributed by atoms with Gasteiger partial charge in [0.2, 0.25) is 15.9 Å². The molecule has 9 nitrogen and oxygen atoms in total. The van der Waals surface area contributed by atoms with Crippen molar-refractivity contribution < 1.29 is 22.3 Å². The van der Waals surface area contributed by atoms with Crippen molar-refractivity contribution in [3.8, 4) is 0 Å². The van der Waals surface area contributed by atoms with Crippen molar-refractivity contribution >= 4 is 26.8 Å². The minimum Gasteiger partial charge on any atom is -0.379 e. The largest absolute Gasteiger partial charge is 0.379 e. The molecule has 3 aromatic rings. The highest BCUT2D eigenvalue weighted by molar-refractivity contribution is 7.89. The van der Waals surface area contributed by atoms with Crippen molar-refractivity contribution in [3.05, 3.63) is 70.5 Å². The van der Waals surface area contributed by atoms with Gasteiger partial charge >= 0.3 is 0 Å². The lowest BCUT2D eigenvalue weighted by Gasteiger charge is -2.26. The number of hydrogen-bond acceptors (Lipinski definition) is 6. The molecule has 1 aromatic heterocycles. The molecular weight excluding hydrogens is 439 g/mol. The van der Waals surface area contributed by atoms with Gasteiger partial charge in [-0.3, -0.25) is 14.2 Å². The zero-order chi connectivity index (χ0) is 22.7. The number of morpholine rings is 1. The summed E-state index contributed by atoms with van der Waals surface area (Å²) in [5, 5.41) is 2.91. The number of nitrogens with zero attached hydrogens (tertiary/aromatic N) is 3. The van der Waals surface area contributed by atoms with Gasteiger partial charge in [0, 0.05) is 25.7 Å². The highest BCUT2D eigenvalue weighted by Gasteiger charge is 2.26. The van der Waals surface area contributed by atoms with Gasteiger partial charge in [0.05, 0.1) is 35.3 Å². The van der Waals surface area contributed by atoms with Gasteiger partial charge in [-0.2, -0.15) is 4.31 Å². The van der Waals surface area contributed by atoms with E-state index in [0.717, 1.165) is 10.6 Å². The fourth-order valence-corrected chi connectivity index (χ4v) is 4.78. The molecule has 0 bridgehead atoms. The Hall–Kier alpha value is -3.15. The van der Waals surface area contributed by atoms with E-state index in [1.807, 2.05) is 0 Å². The molecule has 0 saturated carbocycles. The molecule has 4 rings (SSSR count). The normalized spacial score (nSPS) is 15.0. The number of carbonyl (C=O) groups is 1. The van der Waals surface area contributed by atoms with Gasteiger partial charge in [-0.05, 0) is 29.8 Å². The summed E-state index contributed by atoms with van der Waals surface area (Å²) in [4.78, 5) is 29.0. The van der Waals surface area contributed by atoms with Crippen LogP contribution in [0.1, 0.15) is 5.56 Å². The van der Waals surface area contributed by atoms with Gasteiger partial charge in [0.25, 0.3) is 5.56 Å². The summed E-state index contributed by atoms with van der Waals surface area (Å²) in [6.45, 7) is 1.29. The Morgan fingerprint density at radius 3 is 2.56 bits per heavy atom. The van der Waals surface area contributed by atoms with Crippen molar-refractivity contribution in [1.29, 1.82) is 0 Å². The molecular formula is C21H21FN4O5S. The van der Waals surface area contributed by atoms with Crippen molar-refractivity contribution in [2.45, 2.75) is 18.0 Å². The van der Waals surface area contributed by atoms with Crippen LogP contribution < -0.4 is 10.9 Å². The standard InChI is InChI=1S/C21H21FN4O5S/c22-16-3-6-18-19(11-16)24-14-25(21(18)28)13-20(27)23-12-15-1-4-17(5-2-15)32(29,30)26-7-9-31-10-8-26/h1-6,11,14H,7-10,12-13H2,(H,23,27). The van der Waals surface area contributed by atoms with Crippen LogP contribution in [0.4, 0.5) is 4.39 Å². The minimum atomic E-state index is -3.58. The Labute approximate surface area is 183 Å². The number of rotatable bonds is 6. The molecule has 2 aromatic carbocycles. The van der Waals surface area contributed by atoms with Crippen molar-refractivity contribution in [1.82, 2.24) is 19.2 Å². The second-order valence-corrected chi connectivity index (χ2v) is 9.21. The maximum Gasteiger partial charge on any atom is 0.261 e. The Morgan fingerprint density at radius 2 is 1.84 bits per heavy atom. The molecule has 1 aliphatic heterocycles. The third-order valence-corrected chi connectivity index (χ3v) is 7.03. The maximum absolute atomic E-state index is 13.3. The molecule has 0 aliphatic carbocycles. The fourth-order valence-electron chi connectivity index (χ4n) is 3.37. The predicted octanol–water partition coefficient (Wildman–Crippen LogP) is 0.873. The highest BCUT2D eigenvalue weighted by Crippen LogP contribution is 2.17. The zero-order valence-corrected chi connectivity index (χ0v) is 17.8. The molecule has 1 aliphatic rings. The molecule has 0 atom stereocenters. The third kappa shape index (κ3) is 4.69. The van der Waals surface area contributed by atoms with E-state index in [1.165, 1.54) is 34.9 Å². The summed E-state index contributed by atoms with van der Waals surface area (Å²) in [7, 11) is -3.58. The number of hydrogen-bond donors (Lipinski definition) is 1. The number of carbonyl (C=O) groups excluding carboxylic acids is 1. The molecule has 0 unspecified atom stereocenters. The summed E-state index contributed by atoms with van der Waals surface area (Å²) < 4.78 is 46.3. The van der Waals surface area contributed by atoms with Crippen LogP contribution in [0.15, 0.2) is 58.5 Å². The van der Waals surface area contributed by atoms with E-state index >= 15 is 0 Å². The second-order valence-electron chi connectivity index (χ2n) is 7.28. The Balaban J connectivity index is 1.38. The molecule has 2 heterocycles. The van der Waals surface area contributed by atoms with Crippen molar-refractivity contribution in [2.24, 2.45) is 0 Å². The predicted molar refractivity (Wildman–Crippen MR) is 114 cm³/mol. The highest BCUT2D eigenvalue weighted by atomic mass is 32.2. The number of amides is 1. The topological polar surface area (TPSA) is 111 Å². The first-order valence-electron chi connectivity index (χ1n) is 9.93. The number of ether oxygens (including phenoxy) is 1. The molecule has 1 N–H and O–H groups in total. The molecule has 168 valence electrons. The van der Waals surface area contributed by atoms with E-state index in [4.69, 9.17) is 4.74 Å². The van der Waals surface area contributed by atoms with Gasteiger partial charge < -0.3 is 10.1 Å². The van der Waals surface area contributed by atoms with Gasteiger partial charge in [-0.1, -0.05) is 12.1 Å². The lowest BCUT2D eigenvalue weighted by Crippen LogP contribution is -2.40. The van der Waals surface area contributed by atoms with Crippen LogP contribution in [0, 0.1) is 5.82 Å². The molecule has 1 saturated heterocycles. The lowest BCUT2D eigenvalue weighted by molar-refractivity contribution is -0.121. The fraction of sp³-hybridized carbons (Fsp3) is 0.286. The van der Waals surface area contributed by atoms with E-state index in [2.05, 4.69) is 10.3 Å². The number of halogens is 1. The minimum absolute atomic E-state index is 0.164. The first-order chi connectivity index (χ1) is 15.3. The molecule has 1 amide bonds. The SMILES string of the molecule is O=C(Cn1cnc2cc(F)ccc2c1=O)NCc1ccc(S(=O)(=O)N2CCOCC2)cc1. The first kappa shape index (κ1) is 22.1. The van der Waals surface area contributed by atoms with E-state index in [9.17, 15) is 22.4 Å². The van der Waals surface area contributed by atoms with Crippen LogP contribution in [0.5, 0.6) is 0 Å². The number of benzene rings is 2. The number of sulfonamides is 1. The molecule has 32 heavy (non-hydrogen) atoms.